The average Bonchev–Trinajstić information content (AvgIpc) is 3.13. The summed E-state index contributed by atoms with van der Waals surface area (Å²) in [6.07, 6.45) is -0.301. The van der Waals surface area contributed by atoms with Gasteiger partial charge in [0.25, 0.3) is 5.91 Å². The number of benzene rings is 2. The highest BCUT2D eigenvalue weighted by Gasteiger charge is 2.25. The fraction of sp³-hybridized carbons (Fsp3) is 0.185. The van der Waals surface area contributed by atoms with Crippen molar-refractivity contribution in [3.8, 4) is 17.3 Å². The lowest BCUT2D eigenvalue weighted by Gasteiger charge is -2.14. The smallest absolute Gasteiger partial charge is 0.348 e. The lowest BCUT2D eigenvalue weighted by Crippen LogP contribution is -2.15. The Hall–Kier alpha value is -3.73. The predicted octanol–water partition coefficient (Wildman–Crippen LogP) is 6.92. The molecule has 2 aromatic carbocycles. The molecule has 0 saturated carbocycles. The van der Waals surface area contributed by atoms with Crippen LogP contribution in [0.25, 0.3) is 22.2 Å². The maximum atomic E-state index is 13.6. The molecule has 0 aliphatic rings. The number of amides is 1. The molecule has 2 heterocycles. The third-order valence-corrected chi connectivity index (χ3v) is 6.93. The number of esters is 1. The average molecular weight is 504 g/mol. The first-order valence-corrected chi connectivity index (χ1v) is 12.1. The molecule has 0 bridgehead atoms. The molecule has 0 fully saturated rings. The number of anilines is 1. The maximum absolute atomic E-state index is 13.6. The molecule has 6 nitrogen and oxygen atoms in total. The number of nitrogens with zero attached hydrogens (tertiary/aromatic N) is 2. The number of rotatable bonds is 5. The normalized spacial score (nSPS) is 10.9. The predicted molar refractivity (Wildman–Crippen MR) is 139 cm³/mol. The van der Waals surface area contributed by atoms with E-state index >= 15 is 0 Å². The second kappa shape index (κ2) is 9.87. The van der Waals surface area contributed by atoms with Crippen molar-refractivity contribution >= 4 is 50.7 Å². The summed E-state index contributed by atoms with van der Waals surface area (Å²) < 4.78 is 5.30. The van der Waals surface area contributed by atoms with E-state index in [1.165, 1.54) is 0 Å². The number of hydrogen-bond acceptors (Lipinski definition) is 6. The van der Waals surface area contributed by atoms with E-state index in [4.69, 9.17) is 21.3 Å². The summed E-state index contributed by atoms with van der Waals surface area (Å²) in [7, 11) is 0. The highest BCUT2D eigenvalue weighted by atomic mass is 35.5. The number of halogens is 1. The van der Waals surface area contributed by atoms with Crippen LogP contribution in [-0.4, -0.2) is 23.0 Å². The van der Waals surface area contributed by atoms with E-state index in [9.17, 15) is 14.9 Å². The summed E-state index contributed by atoms with van der Waals surface area (Å²) >= 11 is 7.09. The van der Waals surface area contributed by atoms with Gasteiger partial charge in [0.15, 0.2) is 0 Å². The molecule has 0 radical (unpaired) electrons. The largest absolute Gasteiger partial charge is 0.459 e. The molecule has 0 atom stereocenters. The van der Waals surface area contributed by atoms with Crippen LogP contribution in [0.5, 0.6) is 0 Å². The van der Waals surface area contributed by atoms with Crippen molar-refractivity contribution in [3.05, 3.63) is 80.7 Å². The Morgan fingerprint density at radius 3 is 2.43 bits per heavy atom. The second-order valence-electron chi connectivity index (χ2n) is 8.26. The molecular weight excluding hydrogens is 482 g/mol. The van der Waals surface area contributed by atoms with Crippen LogP contribution in [0.1, 0.15) is 50.6 Å². The van der Waals surface area contributed by atoms with Gasteiger partial charge in [0.05, 0.1) is 28.4 Å². The molecule has 8 heteroatoms. The van der Waals surface area contributed by atoms with Gasteiger partial charge in [-0.1, -0.05) is 41.9 Å². The fourth-order valence-electron chi connectivity index (χ4n) is 3.85. The van der Waals surface area contributed by atoms with Crippen molar-refractivity contribution in [1.82, 2.24) is 4.98 Å². The van der Waals surface area contributed by atoms with Crippen molar-refractivity contribution in [2.75, 3.05) is 5.32 Å². The van der Waals surface area contributed by atoms with Crippen molar-refractivity contribution in [1.29, 1.82) is 5.26 Å². The van der Waals surface area contributed by atoms with Crippen LogP contribution >= 0.6 is 22.9 Å². The lowest BCUT2D eigenvalue weighted by molar-refractivity contribution is 0.0383. The number of nitriles is 1. The standard InChI is InChI=1S/C27H22ClN3O3S/c1-14(2)34-27(33)24-15(3)20(13-29)26(35-24)31-25(32)22-16(4)23(17-9-11-18(28)12-10-17)30-21-8-6-5-7-19(21)22/h5-12,14H,1-4H3,(H,31,32). The van der Waals surface area contributed by atoms with Crippen molar-refractivity contribution in [2.45, 2.75) is 33.8 Å². The Labute approximate surface area is 212 Å². The number of carbonyl (C=O) groups is 2. The minimum absolute atomic E-state index is 0.244. The van der Waals surface area contributed by atoms with Crippen LogP contribution in [0.3, 0.4) is 0 Å². The van der Waals surface area contributed by atoms with Gasteiger partial charge in [0.1, 0.15) is 15.9 Å². The van der Waals surface area contributed by atoms with E-state index in [1.54, 1.807) is 32.9 Å². The molecular formula is C27H22ClN3O3S. The number of para-hydroxylation sites is 1. The number of hydrogen-bond donors (Lipinski definition) is 1. The number of ether oxygens (including phenoxy) is 1. The van der Waals surface area contributed by atoms with Crippen LogP contribution < -0.4 is 5.32 Å². The van der Waals surface area contributed by atoms with Gasteiger partial charge in [-0.05, 0) is 57.0 Å². The van der Waals surface area contributed by atoms with Gasteiger partial charge in [0.2, 0.25) is 0 Å². The molecule has 0 spiro atoms. The van der Waals surface area contributed by atoms with E-state index in [1.807, 2.05) is 43.3 Å². The maximum Gasteiger partial charge on any atom is 0.348 e. The molecule has 0 unspecified atom stereocenters. The molecule has 4 rings (SSSR count). The van der Waals surface area contributed by atoms with Gasteiger partial charge in [-0.25, -0.2) is 9.78 Å². The Balaban J connectivity index is 1.81. The van der Waals surface area contributed by atoms with Crippen LogP contribution in [-0.2, 0) is 4.74 Å². The number of thiophene rings is 1. The van der Waals surface area contributed by atoms with E-state index in [2.05, 4.69) is 11.4 Å². The second-order valence-corrected chi connectivity index (χ2v) is 9.72. The monoisotopic (exact) mass is 503 g/mol. The molecule has 0 saturated heterocycles. The van der Waals surface area contributed by atoms with Gasteiger partial charge in [0, 0.05) is 16.0 Å². The fourth-order valence-corrected chi connectivity index (χ4v) is 5.01. The third-order valence-electron chi connectivity index (χ3n) is 5.49. The number of carbonyl (C=O) groups excluding carboxylic acids is 2. The van der Waals surface area contributed by atoms with Gasteiger partial charge >= 0.3 is 5.97 Å². The third kappa shape index (κ3) is 4.76. The summed E-state index contributed by atoms with van der Waals surface area (Å²) in [6, 6.07) is 16.8. The minimum Gasteiger partial charge on any atom is -0.459 e. The summed E-state index contributed by atoms with van der Waals surface area (Å²) in [6.45, 7) is 7.02. The Bertz CT molecular complexity index is 1500. The molecule has 1 N–H and O–H groups in total. The SMILES string of the molecule is Cc1c(C(=O)OC(C)C)sc(NC(=O)c2c(C)c(-c3ccc(Cl)cc3)nc3ccccc23)c1C#N. The van der Waals surface area contributed by atoms with Gasteiger partial charge < -0.3 is 10.1 Å². The van der Waals surface area contributed by atoms with Gasteiger partial charge in [-0.2, -0.15) is 5.26 Å². The van der Waals surface area contributed by atoms with E-state index in [0.717, 1.165) is 16.9 Å². The first-order chi connectivity index (χ1) is 16.7. The topological polar surface area (TPSA) is 92.1 Å². The van der Waals surface area contributed by atoms with Crippen molar-refractivity contribution < 1.29 is 14.3 Å². The highest BCUT2D eigenvalue weighted by molar-refractivity contribution is 7.18. The van der Waals surface area contributed by atoms with Gasteiger partial charge in [-0.3, -0.25) is 4.79 Å². The lowest BCUT2D eigenvalue weighted by atomic mass is 9.97. The van der Waals surface area contributed by atoms with Crippen LogP contribution in [0, 0.1) is 25.2 Å². The minimum atomic E-state index is -0.518. The molecule has 4 aromatic rings. The zero-order chi connectivity index (χ0) is 25.3. The quantitative estimate of drug-likeness (QED) is 0.298. The zero-order valence-corrected chi connectivity index (χ0v) is 21.2. The molecule has 0 aliphatic heterocycles. The van der Waals surface area contributed by atoms with Crippen molar-refractivity contribution in [3.63, 3.8) is 0 Å². The van der Waals surface area contributed by atoms with Crippen LogP contribution in [0.4, 0.5) is 5.00 Å². The molecule has 2 aromatic heterocycles. The zero-order valence-electron chi connectivity index (χ0n) is 19.6. The molecule has 176 valence electrons. The number of pyridine rings is 1. The number of fused-ring (bicyclic) bond motifs is 1. The van der Waals surface area contributed by atoms with Crippen LogP contribution in [0.15, 0.2) is 48.5 Å². The molecule has 0 aliphatic carbocycles. The summed E-state index contributed by atoms with van der Waals surface area (Å²) in [4.78, 5) is 31.2. The first-order valence-electron chi connectivity index (χ1n) is 10.9. The van der Waals surface area contributed by atoms with Gasteiger partial charge in [-0.15, -0.1) is 11.3 Å². The Morgan fingerprint density at radius 2 is 1.77 bits per heavy atom. The Morgan fingerprint density at radius 1 is 1.09 bits per heavy atom. The van der Waals surface area contributed by atoms with E-state index in [-0.39, 0.29) is 11.7 Å². The van der Waals surface area contributed by atoms with E-state index < -0.39 is 11.9 Å². The summed E-state index contributed by atoms with van der Waals surface area (Å²) in [5.74, 6) is -0.909. The Kier molecular flexibility index (Phi) is 6.88. The summed E-state index contributed by atoms with van der Waals surface area (Å²) in [5, 5.41) is 14.2. The molecule has 1 amide bonds. The number of aromatic nitrogens is 1. The summed E-state index contributed by atoms with van der Waals surface area (Å²) in [5.41, 5.74) is 4.02. The van der Waals surface area contributed by atoms with Crippen molar-refractivity contribution in [2.24, 2.45) is 0 Å². The van der Waals surface area contributed by atoms with E-state index in [0.29, 0.717) is 48.2 Å². The highest BCUT2D eigenvalue weighted by Crippen LogP contribution is 2.35. The first kappa shape index (κ1) is 24.4. The molecule has 35 heavy (non-hydrogen) atoms. The van der Waals surface area contributed by atoms with Crippen LogP contribution in [0.2, 0.25) is 5.02 Å². The number of nitrogens with one attached hydrogen (secondary N) is 1.